The van der Waals surface area contributed by atoms with Gasteiger partial charge in [-0.3, -0.25) is 19.2 Å². The zero-order chi connectivity index (χ0) is 31.4. The largest absolute Gasteiger partial charge is 0.368 e. The maximum Gasteiger partial charge on any atom is 0.290 e. The number of aromatic nitrogens is 1. The summed E-state index contributed by atoms with van der Waals surface area (Å²) in [6.07, 6.45) is 0.199. The lowest BCUT2D eigenvalue weighted by atomic mass is 10.0. The molecule has 5 rings (SSSR count). The minimum absolute atomic E-state index is 0.0109. The second kappa shape index (κ2) is 13.1. The molecule has 44 heavy (non-hydrogen) atoms. The summed E-state index contributed by atoms with van der Waals surface area (Å²) in [5, 5.41) is 0. The average molecular weight is 606 g/mol. The van der Waals surface area contributed by atoms with Crippen molar-refractivity contribution in [1.82, 2.24) is 9.47 Å². The molecular formula is C33H27F4N3O4. The second-order valence-corrected chi connectivity index (χ2v) is 10.5. The Morgan fingerprint density at radius 3 is 2.02 bits per heavy atom. The molecule has 0 spiro atoms. The fraction of sp³-hybridized carbons (Fsp3) is 0.212. The third-order valence-electron chi connectivity index (χ3n) is 7.44. The van der Waals surface area contributed by atoms with Crippen molar-refractivity contribution >= 4 is 23.2 Å². The minimum Gasteiger partial charge on any atom is -0.368 e. The summed E-state index contributed by atoms with van der Waals surface area (Å²) in [4.78, 5) is 55.9. The van der Waals surface area contributed by atoms with Crippen molar-refractivity contribution in [2.45, 2.75) is 19.4 Å². The Morgan fingerprint density at radius 2 is 1.36 bits per heavy atom. The number of para-hydroxylation sites is 1. The molecular weight excluding hydrogens is 578 g/mol. The molecule has 2 heterocycles. The highest BCUT2D eigenvalue weighted by molar-refractivity contribution is 6.40. The molecule has 0 atom stereocenters. The molecule has 0 saturated carbocycles. The monoisotopic (exact) mass is 605 g/mol. The first kappa shape index (κ1) is 30.4. The second-order valence-electron chi connectivity index (χ2n) is 10.5. The zero-order valence-corrected chi connectivity index (χ0v) is 23.4. The third kappa shape index (κ3) is 6.77. The lowest BCUT2D eigenvalue weighted by Gasteiger charge is -2.35. The van der Waals surface area contributed by atoms with Crippen molar-refractivity contribution in [1.29, 1.82) is 0 Å². The van der Waals surface area contributed by atoms with E-state index in [0.29, 0.717) is 13.1 Å². The van der Waals surface area contributed by atoms with Crippen LogP contribution in [0.25, 0.3) is 0 Å². The number of halogens is 4. The van der Waals surface area contributed by atoms with Gasteiger partial charge in [-0.15, -0.1) is 0 Å². The van der Waals surface area contributed by atoms with E-state index in [1.807, 2.05) is 30.3 Å². The van der Waals surface area contributed by atoms with Crippen molar-refractivity contribution in [2.24, 2.45) is 0 Å². The van der Waals surface area contributed by atoms with E-state index < -0.39 is 58.3 Å². The molecule has 0 bridgehead atoms. The fourth-order valence-electron chi connectivity index (χ4n) is 5.17. The molecule has 1 aliphatic rings. The first-order valence-electron chi connectivity index (χ1n) is 13.9. The summed E-state index contributed by atoms with van der Waals surface area (Å²) in [5.41, 5.74) is 0.0538. The van der Waals surface area contributed by atoms with Gasteiger partial charge in [0.25, 0.3) is 11.5 Å². The number of hydrogen-bond acceptors (Lipinski definition) is 5. The maximum atomic E-state index is 14.4. The molecule has 0 aliphatic carbocycles. The van der Waals surface area contributed by atoms with Crippen molar-refractivity contribution in [3.63, 3.8) is 0 Å². The number of benzene rings is 3. The number of rotatable bonds is 9. The third-order valence-corrected chi connectivity index (χ3v) is 7.44. The Labute approximate surface area is 250 Å². The average Bonchev–Trinajstić information content (AvgIpc) is 3.02. The van der Waals surface area contributed by atoms with E-state index in [9.17, 15) is 36.7 Å². The van der Waals surface area contributed by atoms with Crippen LogP contribution in [0.15, 0.2) is 83.8 Å². The highest BCUT2D eigenvalue weighted by atomic mass is 19.2. The maximum absolute atomic E-state index is 14.4. The van der Waals surface area contributed by atoms with Crippen LogP contribution in [-0.2, 0) is 22.6 Å². The van der Waals surface area contributed by atoms with Gasteiger partial charge < -0.3 is 14.4 Å². The number of carbonyl (C=O) groups is 3. The quantitative estimate of drug-likeness (QED) is 0.0921. The van der Waals surface area contributed by atoms with Gasteiger partial charge in [0.1, 0.15) is 5.82 Å². The van der Waals surface area contributed by atoms with Crippen LogP contribution in [0.3, 0.4) is 0 Å². The van der Waals surface area contributed by atoms with Crippen molar-refractivity contribution < 1.29 is 31.9 Å². The molecule has 0 unspecified atom stereocenters. The summed E-state index contributed by atoms with van der Waals surface area (Å²) in [6, 6.07) is 18.0. The fourth-order valence-corrected chi connectivity index (χ4v) is 5.17. The lowest BCUT2D eigenvalue weighted by Crippen LogP contribution is -2.50. The van der Waals surface area contributed by atoms with Crippen LogP contribution in [0.4, 0.5) is 23.2 Å². The van der Waals surface area contributed by atoms with Gasteiger partial charge >= 0.3 is 0 Å². The van der Waals surface area contributed by atoms with E-state index in [0.717, 1.165) is 28.5 Å². The molecule has 11 heteroatoms. The van der Waals surface area contributed by atoms with Gasteiger partial charge in [0.2, 0.25) is 5.78 Å². The van der Waals surface area contributed by atoms with Gasteiger partial charge in [0, 0.05) is 43.6 Å². The number of hydrogen-bond donors (Lipinski definition) is 0. The topological polar surface area (TPSA) is 79.7 Å². The molecule has 0 N–H and O–H groups in total. The van der Waals surface area contributed by atoms with E-state index in [1.54, 1.807) is 6.07 Å². The Hall–Kier alpha value is -5.06. The zero-order valence-electron chi connectivity index (χ0n) is 23.4. The molecule has 1 fully saturated rings. The van der Waals surface area contributed by atoms with Gasteiger partial charge in [-0.1, -0.05) is 36.4 Å². The van der Waals surface area contributed by atoms with Crippen LogP contribution in [-0.4, -0.2) is 53.1 Å². The Kier molecular flexibility index (Phi) is 9.03. The smallest absolute Gasteiger partial charge is 0.290 e. The predicted molar refractivity (Wildman–Crippen MR) is 155 cm³/mol. The van der Waals surface area contributed by atoms with Crippen LogP contribution < -0.4 is 10.5 Å². The van der Waals surface area contributed by atoms with E-state index in [4.69, 9.17) is 0 Å². The standard InChI is InChI=1S/C33H27F4N3O4/c34-26-9-5-4-6-23(26)20-40-19-22(14-21-16-27(35)31(37)28(36)17-21)15-25(32(40)43)29(41)18-30(42)33(44)39-12-10-38(11-13-39)24-7-2-1-3-8-24/h1-9,15-17,19H,10-14,18,20H2. The lowest BCUT2D eigenvalue weighted by molar-refractivity contribution is -0.144. The highest BCUT2D eigenvalue weighted by Gasteiger charge is 2.29. The molecule has 1 aliphatic heterocycles. The van der Waals surface area contributed by atoms with E-state index >= 15 is 0 Å². The first-order valence-corrected chi connectivity index (χ1v) is 13.9. The van der Waals surface area contributed by atoms with Gasteiger partial charge in [0.05, 0.1) is 18.5 Å². The van der Waals surface area contributed by atoms with Crippen molar-refractivity contribution in [3.05, 3.63) is 135 Å². The van der Waals surface area contributed by atoms with Gasteiger partial charge in [0.15, 0.2) is 23.2 Å². The summed E-state index contributed by atoms with van der Waals surface area (Å²) in [7, 11) is 0. The number of amides is 1. The van der Waals surface area contributed by atoms with Crippen LogP contribution in [0, 0.1) is 23.3 Å². The minimum atomic E-state index is -1.64. The number of ketones is 2. The SMILES string of the molecule is O=C(CC(=O)c1cc(Cc2cc(F)c(F)c(F)c2)cn(Cc2ccccc2F)c1=O)C(=O)N1CCN(c2ccccc2)CC1. The number of nitrogens with zero attached hydrogens (tertiary/aromatic N) is 3. The van der Waals surface area contributed by atoms with Crippen LogP contribution in [0.1, 0.15) is 33.5 Å². The molecule has 4 aromatic rings. The summed E-state index contributed by atoms with van der Waals surface area (Å²) in [6.45, 7) is 1.23. The molecule has 3 aromatic carbocycles. The summed E-state index contributed by atoms with van der Waals surface area (Å²) >= 11 is 0. The molecule has 1 aromatic heterocycles. The number of Topliss-reactive ketones (excluding diaryl/α,β-unsaturated/α-hetero) is 2. The molecule has 226 valence electrons. The number of carbonyl (C=O) groups excluding carboxylic acids is 3. The van der Waals surface area contributed by atoms with Gasteiger partial charge in [-0.05, 0) is 53.9 Å². The first-order chi connectivity index (χ1) is 21.1. The predicted octanol–water partition coefficient (Wildman–Crippen LogP) is 4.53. The van der Waals surface area contributed by atoms with Crippen LogP contribution in [0.2, 0.25) is 0 Å². The highest BCUT2D eigenvalue weighted by Crippen LogP contribution is 2.19. The van der Waals surface area contributed by atoms with E-state index in [-0.39, 0.29) is 42.7 Å². The van der Waals surface area contributed by atoms with Crippen LogP contribution >= 0.6 is 0 Å². The van der Waals surface area contributed by atoms with Crippen molar-refractivity contribution in [3.8, 4) is 0 Å². The molecule has 7 nitrogen and oxygen atoms in total. The van der Waals surface area contributed by atoms with Crippen molar-refractivity contribution in [2.75, 3.05) is 31.1 Å². The Bertz CT molecular complexity index is 1760. The Morgan fingerprint density at radius 1 is 0.727 bits per heavy atom. The van der Waals surface area contributed by atoms with E-state index in [1.165, 1.54) is 29.3 Å². The Balaban J connectivity index is 1.36. The summed E-state index contributed by atoms with van der Waals surface area (Å²) in [5.74, 6) is -7.83. The molecule has 1 saturated heterocycles. The number of anilines is 1. The molecule has 1 amide bonds. The number of pyridine rings is 1. The number of piperazine rings is 1. The normalized spacial score (nSPS) is 13.2. The molecule has 0 radical (unpaired) electrons. The van der Waals surface area contributed by atoms with Gasteiger partial charge in [-0.2, -0.15) is 0 Å². The van der Waals surface area contributed by atoms with Crippen LogP contribution in [0.5, 0.6) is 0 Å². The van der Waals surface area contributed by atoms with E-state index in [2.05, 4.69) is 4.90 Å². The summed E-state index contributed by atoms with van der Waals surface area (Å²) < 4.78 is 56.7. The van der Waals surface area contributed by atoms with Gasteiger partial charge in [-0.25, -0.2) is 17.6 Å².